The molecule has 5 heteroatoms. The maximum atomic E-state index is 13.2. The van der Waals surface area contributed by atoms with Crippen LogP contribution in [-0.2, 0) is 14.4 Å². The quantitative estimate of drug-likeness (QED) is 0.671. The fourth-order valence-electron chi connectivity index (χ4n) is 5.24. The number of Topliss-reactive ketones (excluding diaryl/α,β-unsaturated/α-hetero) is 3. The van der Waals surface area contributed by atoms with Crippen LogP contribution < -0.4 is 9.47 Å². The molecule has 1 aliphatic heterocycles. The lowest BCUT2D eigenvalue weighted by Crippen LogP contribution is -2.44. The van der Waals surface area contributed by atoms with E-state index in [4.69, 9.17) is 9.47 Å². The lowest BCUT2D eigenvalue weighted by molar-refractivity contribution is -0.140. The fraction of sp³-hybridized carbons (Fsp3) is 0.560. The lowest BCUT2D eigenvalue weighted by atomic mass is 9.62. The van der Waals surface area contributed by atoms with Crippen LogP contribution in [0, 0.1) is 16.7 Å². The SMILES string of the molecule is CCOc1ccc2c(c1)OC1=C(C(=O)CC(C)(C)C1)C2C1C(=O)CC(C)(C)CC1=O. The molecule has 1 fully saturated rings. The van der Waals surface area contributed by atoms with Gasteiger partial charge in [0.15, 0.2) is 5.78 Å². The van der Waals surface area contributed by atoms with Crippen LogP contribution in [-0.4, -0.2) is 24.0 Å². The molecule has 1 aromatic carbocycles. The first-order valence-corrected chi connectivity index (χ1v) is 10.8. The van der Waals surface area contributed by atoms with Gasteiger partial charge in [-0.25, -0.2) is 0 Å². The molecule has 1 aromatic rings. The van der Waals surface area contributed by atoms with E-state index in [2.05, 4.69) is 0 Å². The smallest absolute Gasteiger partial charge is 0.163 e. The number of hydrogen-bond donors (Lipinski definition) is 0. The summed E-state index contributed by atoms with van der Waals surface area (Å²) in [5.74, 6) is 0.292. The molecule has 0 bridgehead atoms. The van der Waals surface area contributed by atoms with Crippen LogP contribution >= 0.6 is 0 Å². The number of hydrogen-bond acceptors (Lipinski definition) is 5. The molecule has 4 rings (SSSR count). The zero-order valence-corrected chi connectivity index (χ0v) is 18.5. The topological polar surface area (TPSA) is 69.7 Å². The minimum Gasteiger partial charge on any atom is -0.494 e. The molecular formula is C25H30O5. The molecule has 1 heterocycles. The second kappa shape index (κ2) is 7.07. The van der Waals surface area contributed by atoms with Gasteiger partial charge in [0.05, 0.1) is 12.5 Å². The van der Waals surface area contributed by atoms with Crippen molar-refractivity contribution < 1.29 is 23.9 Å². The van der Waals surface area contributed by atoms with Crippen LogP contribution in [0.1, 0.15) is 71.8 Å². The summed E-state index contributed by atoms with van der Waals surface area (Å²) in [4.78, 5) is 39.6. The van der Waals surface area contributed by atoms with Crippen LogP contribution in [0.15, 0.2) is 29.5 Å². The van der Waals surface area contributed by atoms with Crippen molar-refractivity contribution >= 4 is 17.3 Å². The molecule has 5 nitrogen and oxygen atoms in total. The third kappa shape index (κ3) is 3.59. The van der Waals surface area contributed by atoms with Gasteiger partial charge in [0, 0.05) is 48.8 Å². The van der Waals surface area contributed by atoms with Crippen molar-refractivity contribution in [2.45, 2.75) is 66.2 Å². The van der Waals surface area contributed by atoms with Crippen LogP contribution in [0.3, 0.4) is 0 Å². The van der Waals surface area contributed by atoms with Gasteiger partial charge in [-0.3, -0.25) is 14.4 Å². The van der Waals surface area contributed by atoms with E-state index in [9.17, 15) is 14.4 Å². The highest BCUT2D eigenvalue weighted by Gasteiger charge is 2.51. The molecule has 2 aliphatic carbocycles. The molecule has 0 amide bonds. The standard InChI is InChI=1S/C25H30O5/c1-6-29-14-7-8-15-19(9-14)30-20-13-25(4,5)12-18(28)23(20)21(15)22-16(26)10-24(2,3)11-17(22)27/h7-9,21-22H,6,10-13H2,1-5H3. The second-order valence-corrected chi connectivity index (χ2v) is 10.4. The third-order valence-corrected chi connectivity index (χ3v) is 6.39. The van der Waals surface area contributed by atoms with E-state index in [0.717, 1.165) is 5.56 Å². The summed E-state index contributed by atoms with van der Waals surface area (Å²) in [7, 11) is 0. The summed E-state index contributed by atoms with van der Waals surface area (Å²) in [6.45, 7) is 10.4. The van der Waals surface area contributed by atoms with Gasteiger partial charge in [-0.1, -0.05) is 33.8 Å². The predicted octanol–water partition coefficient (Wildman–Crippen LogP) is 4.78. The molecule has 0 saturated heterocycles. The number of fused-ring (bicyclic) bond motifs is 1. The summed E-state index contributed by atoms with van der Waals surface area (Å²) in [5, 5.41) is 0. The zero-order chi connectivity index (χ0) is 21.8. The number of allylic oxidation sites excluding steroid dienone is 2. The molecule has 30 heavy (non-hydrogen) atoms. The Hall–Kier alpha value is -2.43. The summed E-state index contributed by atoms with van der Waals surface area (Å²) in [6, 6.07) is 5.48. The van der Waals surface area contributed by atoms with Crippen LogP contribution in [0.5, 0.6) is 11.5 Å². The molecule has 1 unspecified atom stereocenters. The van der Waals surface area contributed by atoms with Crippen molar-refractivity contribution in [2.24, 2.45) is 16.7 Å². The summed E-state index contributed by atoms with van der Waals surface area (Å²) < 4.78 is 11.8. The molecule has 3 aliphatic rings. The second-order valence-electron chi connectivity index (χ2n) is 10.4. The predicted molar refractivity (Wildman–Crippen MR) is 113 cm³/mol. The molecule has 0 N–H and O–H groups in total. The van der Waals surface area contributed by atoms with Gasteiger partial charge < -0.3 is 9.47 Å². The highest BCUT2D eigenvalue weighted by molar-refractivity contribution is 6.09. The zero-order valence-electron chi connectivity index (χ0n) is 18.5. The average molecular weight is 411 g/mol. The number of rotatable bonds is 3. The Morgan fingerprint density at radius 2 is 1.57 bits per heavy atom. The molecule has 0 radical (unpaired) electrons. The van der Waals surface area contributed by atoms with Crippen molar-refractivity contribution in [1.82, 2.24) is 0 Å². The molecular weight excluding hydrogens is 380 g/mol. The Balaban J connectivity index is 1.86. The van der Waals surface area contributed by atoms with Crippen molar-refractivity contribution in [3.8, 4) is 11.5 Å². The fourth-order valence-corrected chi connectivity index (χ4v) is 5.24. The Morgan fingerprint density at radius 3 is 2.20 bits per heavy atom. The number of ether oxygens (including phenoxy) is 2. The first-order valence-electron chi connectivity index (χ1n) is 10.8. The van der Waals surface area contributed by atoms with Crippen LogP contribution in [0.4, 0.5) is 0 Å². The summed E-state index contributed by atoms with van der Waals surface area (Å²) in [6.07, 6.45) is 1.67. The normalized spacial score (nSPS) is 25.5. The average Bonchev–Trinajstić information content (AvgIpc) is 2.58. The highest BCUT2D eigenvalue weighted by Crippen LogP contribution is 2.53. The Kier molecular flexibility index (Phi) is 4.91. The third-order valence-electron chi connectivity index (χ3n) is 6.39. The van der Waals surface area contributed by atoms with Crippen LogP contribution in [0.2, 0.25) is 0 Å². The number of carbonyl (C=O) groups excluding carboxylic acids is 3. The molecule has 1 atom stereocenters. The minimum absolute atomic E-state index is 0.0174. The molecule has 1 saturated carbocycles. The van der Waals surface area contributed by atoms with E-state index in [1.165, 1.54) is 0 Å². The van der Waals surface area contributed by atoms with Gasteiger partial charge in [0.2, 0.25) is 0 Å². The number of ketones is 3. The van der Waals surface area contributed by atoms with Gasteiger partial charge in [-0.15, -0.1) is 0 Å². The maximum absolute atomic E-state index is 13.2. The number of benzene rings is 1. The molecule has 0 aromatic heterocycles. The highest BCUT2D eigenvalue weighted by atomic mass is 16.5. The van der Waals surface area contributed by atoms with Gasteiger partial charge in [-0.05, 0) is 23.8 Å². The van der Waals surface area contributed by atoms with Crippen molar-refractivity contribution in [3.63, 3.8) is 0 Å². The minimum atomic E-state index is -0.825. The van der Waals surface area contributed by atoms with E-state index in [1.807, 2.05) is 52.8 Å². The first-order chi connectivity index (χ1) is 14.0. The Labute approximate surface area is 177 Å². The van der Waals surface area contributed by atoms with E-state index < -0.39 is 11.8 Å². The van der Waals surface area contributed by atoms with E-state index in [-0.39, 0.29) is 28.2 Å². The van der Waals surface area contributed by atoms with Gasteiger partial charge in [0.25, 0.3) is 0 Å². The van der Waals surface area contributed by atoms with Crippen molar-refractivity contribution in [1.29, 1.82) is 0 Å². The van der Waals surface area contributed by atoms with E-state index in [1.54, 1.807) is 0 Å². The monoisotopic (exact) mass is 410 g/mol. The summed E-state index contributed by atoms with van der Waals surface area (Å²) in [5.41, 5.74) is 0.694. The van der Waals surface area contributed by atoms with Crippen LogP contribution in [0.25, 0.3) is 0 Å². The molecule has 160 valence electrons. The largest absolute Gasteiger partial charge is 0.494 e. The Bertz CT molecular complexity index is 946. The summed E-state index contributed by atoms with van der Waals surface area (Å²) >= 11 is 0. The van der Waals surface area contributed by atoms with Crippen molar-refractivity contribution in [3.05, 3.63) is 35.1 Å². The Morgan fingerprint density at radius 1 is 0.933 bits per heavy atom. The van der Waals surface area contributed by atoms with Crippen molar-refractivity contribution in [2.75, 3.05) is 6.61 Å². The van der Waals surface area contributed by atoms with E-state index in [0.29, 0.717) is 55.1 Å². The lowest BCUT2D eigenvalue weighted by Gasteiger charge is -2.42. The number of carbonyl (C=O) groups is 3. The van der Waals surface area contributed by atoms with Gasteiger partial charge >= 0.3 is 0 Å². The van der Waals surface area contributed by atoms with E-state index >= 15 is 0 Å². The van der Waals surface area contributed by atoms with Gasteiger partial charge in [0.1, 0.15) is 28.8 Å². The maximum Gasteiger partial charge on any atom is 0.163 e. The molecule has 0 spiro atoms. The first kappa shape index (κ1) is 20.8. The van der Waals surface area contributed by atoms with Gasteiger partial charge in [-0.2, -0.15) is 0 Å².